The Morgan fingerprint density at radius 1 is 1.41 bits per heavy atom. The molecule has 1 aromatic rings. The lowest BCUT2D eigenvalue weighted by atomic mass is 10.2. The summed E-state index contributed by atoms with van der Waals surface area (Å²) in [5, 5.41) is 10.2. The molecule has 2 heterocycles. The SMILES string of the molecule is CCNC(=NCC1CN(CC(C)C)CCO1)NCCCCc1nc(C)cs1. The van der Waals surface area contributed by atoms with Crippen LogP contribution in [0.2, 0.25) is 0 Å². The summed E-state index contributed by atoms with van der Waals surface area (Å²) in [6.45, 7) is 15.2. The van der Waals surface area contributed by atoms with Crippen LogP contribution in [0.25, 0.3) is 0 Å². The average Bonchev–Trinajstić information content (AvgIpc) is 3.04. The third-order valence-electron chi connectivity index (χ3n) is 4.42. The van der Waals surface area contributed by atoms with Crippen LogP contribution in [-0.4, -0.2) is 67.8 Å². The molecule has 2 rings (SSSR count). The zero-order valence-corrected chi connectivity index (χ0v) is 18.3. The summed E-state index contributed by atoms with van der Waals surface area (Å²) in [7, 11) is 0. The maximum atomic E-state index is 5.90. The highest BCUT2D eigenvalue weighted by atomic mass is 32.1. The first kappa shape index (κ1) is 22.1. The number of nitrogens with zero attached hydrogens (tertiary/aromatic N) is 3. The molecular formula is C20H37N5OS. The highest BCUT2D eigenvalue weighted by Crippen LogP contribution is 2.11. The average molecular weight is 396 g/mol. The number of aliphatic imine (C=N–C) groups is 1. The summed E-state index contributed by atoms with van der Waals surface area (Å²) in [4.78, 5) is 11.8. The fraction of sp³-hybridized carbons (Fsp3) is 0.800. The number of rotatable bonds is 10. The van der Waals surface area contributed by atoms with Crippen LogP contribution in [0.15, 0.2) is 10.4 Å². The lowest BCUT2D eigenvalue weighted by Crippen LogP contribution is -2.46. The minimum atomic E-state index is 0.195. The summed E-state index contributed by atoms with van der Waals surface area (Å²) < 4.78 is 5.90. The summed E-state index contributed by atoms with van der Waals surface area (Å²) in [5.41, 5.74) is 1.13. The van der Waals surface area contributed by atoms with E-state index in [0.717, 1.165) is 70.2 Å². The fourth-order valence-corrected chi connectivity index (χ4v) is 4.05. The minimum absolute atomic E-state index is 0.195. The zero-order chi connectivity index (χ0) is 19.5. The molecule has 0 aromatic carbocycles. The van der Waals surface area contributed by atoms with E-state index in [9.17, 15) is 0 Å². The van der Waals surface area contributed by atoms with Gasteiger partial charge in [-0.25, -0.2) is 4.98 Å². The van der Waals surface area contributed by atoms with Crippen LogP contribution in [0.5, 0.6) is 0 Å². The molecule has 1 saturated heterocycles. The van der Waals surface area contributed by atoms with Crippen molar-refractivity contribution >= 4 is 17.3 Å². The number of hydrogen-bond acceptors (Lipinski definition) is 5. The van der Waals surface area contributed by atoms with Crippen LogP contribution < -0.4 is 10.6 Å². The first-order chi connectivity index (χ1) is 13.1. The summed E-state index contributed by atoms with van der Waals surface area (Å²) in [6, 6.07) is 0. The molecule has 1 atom stereocenters. The van der Waals surface area contributed by atoms with Gasteiger partial charge in [-0.3, -0.25) is 9.89 Å². The molecular weight excluding hydrogens is 358 g/mol. The van der Waals surface area contributed by atoms with Gasteiger partial charge in [-0.2, -0.15) is 0 Å². The van der Waals surface area contributed by atoms with Crippen molar-refractivity contribution in [2.24, 2.45) is 10.9 Å². The quantitative estimate of drug-likeness (QED) is 0.362. The van der Waals surface area contributed by atoms with Crippen molar-refractivity contribution in [2.45, 2.75) is 53.1 Å². The molecule has 6 nitrogen and oxygen atoms in total. The molecule has 0 saturated carbocycles. The number of aryl methyl sites for hydroxylation is 2. The Morgan fingerprint density at radius 3 is 2.96 bits per heavy atom. The molecule has 0 aliphatic carbocycles. The molecule has 1 aromatic heterocycles. The van der Waals surface area contributed by atoms with E-state index < -0.39 is 0 Å². The van der Waals surface area contributed by atoms with Crippen molar-refractivity contribution in [3.63, 3.8) is 0 Å². The number of morpholine rings is 1. The largest absolute Gasteiger partial charge is 0.374 e. The molecule has 0 radical (unpaired) electrons. The highest BCUT2D eigenvalue weighted by molar-refractivity contribution is 7.09. The van der Waals surface area contributed by atoms with Crippen LogP contribution in [0.4, 0.5) is 0 Å². The lowest BCUT2D eigenvalue weighted by Gasteiger charge is -2.33. The molecule has 1 unspecified atom stereocenters. The minimum Gasteiger partial charge on any atom is -0.374 e. The van der Waals surface area contributed by atoms with Gasteiger partial charge < -0.3 is 15.4 Å². The van der Waals surface area contributed by atoms with Crippen LogP contribution in [0, 0.1) is 12.8 Å². The van der Waals surface area contributed by atoms with Gasteiger partial charge in [0.2, 0.25) is 0 Å². The third-order valence-corrected chi connectivity index (χ3v) is 5.45. The topological polar surface area (TPSA) is 61.8 Å². The highest BCUT2D eigenvalue weighted by Gasteiger charge is 2.20. The number of unbranched alkanes of at least 4 members (excludes halogenated alkanes) is 1. The van der Waals surface area contributed by atoms with Gasteiger partial charge in [0.05, 0.1) is 24.3 Å². The molecule has 154 valence electrons. The zero-order valence-electron chi connectivity index (χ0n) is 17.5. The Labute approximate surface area is 168 Å². The summed E-state index contributed by atoms with van der Waals surface area (Å²) >= 11 is 1.76. The number of thiazole rings is 1. The fourth-order valence-electron chi connectivity index (χ4n) is 3.23. The predicted octanol–water partition coefficient (Wildman–Crippen LogP) is 2.69. The number of hydrogen-bond donors (Lipinski definition) is 2. The van der Waals surface area contributed by atoms with Crippen molar-refractivity contribution in [2.75, 3.05) is 45.9 Å². The molecule has 1 fully saturated rings. The van der Waals surface area contributed by atoms with Crippen molar-refractivity contribution in [3.05, 3.63) is 16.1 Å². The first-order valence-electron chi connectivity index (χ1n) is 10.3. The van der Waals surface area contributed by atoms with Crippen molar-refractivity contribution in [3.8, 4) is 0 Å². The first-order valence-corrected chi connectivity index (χ1v) is 11.2. The van der Waals surface area contributed by atoms with Gasteiger partial charge in [0.15, 0.2) is 5.96 Å². The van der Waals surface area contributed by atoms with Gasteiger partial charge in [0, 0.05) is 43.8 Å². The number of guanidine groups is 1. The maximum absolute atomic E-state index is 5.90. The molecule has 0 spiro atoms. The van der Waals surface area contributed by atoms with E-state index in [2.05, 4.69) is 53.6 Å². The number of nitrogens with one attached hydrogen (secondary N) is 2. The van der Waals surface area contributed by atoms with Crippen molar-refractivity contribution in [1.82, 2.24) is 20.5 Å². The standard InChI is InChI=1S/C20H37N5OS/c1-5-21-20(22-9-7-6-8-19-24-17(4)15-27-19)23-12-18-14-25(10-11-26-18)13-16(2)3/h15-16,18H,5-14H2,1-4H3,(H2,21,22,23). The molecule has 0 bridgehead atoms. The molecule has 27 heavy (non-hydrogen) atoms. The summed E-state index contributed by atoms with van der Waals surface area (Å²) in [6.07, 6.45) is 3.52. The Hall–Kier alpha value is -1.18. The second-order valence-electron chi connectivity index (χ2n) is 7.63. The normalized spacial score (nSPS) is 18.9. The van der Waals surface area contributed by atoms with E-state index >= 15 is 0 Å². The molecule has 0 amide bonds. The lowest BCUT2D eigenvalue weighted by molar-refractivity contribution is -0.0261. The monoisotopic (exact) mass is 395 g/mol. The van der Waals surface area contributed by atoms with E-state index in [-0.39, 0.29) is 6.10 Å². The molecule has 2 N–H and O–H groups in total. The van der Waals surface area contributed by atoms with Gasteiger partial charge in [0.1, 0.15) is 0 Å². The van der Waals surface area contributed by atoms with Crippen LogP contribution in [0.1, 0.15) is 44.3 Å². The Morgan fingerprint density at radius 2 is 2.26 bits per heavy atom. The van der Waals surface area contributed by atoms with E-state index in [1.165, 1.54) is 5.01 Å². The molecule has 1 aliphatic rings. The maximum Gasteiger partial charge on any atom is 0.191 e. The molecule has 1 aliphatic heterocycles. The number of ether oxygens (including phenoxy) is 1. The van der Waals surface area contributed by atoms with Gasteiger partial charge in [-0.15, -0.1) is 11.3 Å². The molecule has 7 heteroatoms. The third kappa shape index (κ3) is 9.04. The Bertz CT molecular complexity index is 560. The van der Waals surface area contributed by atoms with Gasteiger partial charge in [0.25, 0.3) is 0 Å². The Balaban J connectivity index is 1.68. The van der Waals surface area contributed by atoms with E-state index in [4.69, 9.17) is 9.73 Å². The second-order valence-corrected chi connectivity index (χ2v) is 8.58. The van der Waals surface area contributed by atoms with Gasteiger partial charge >= 0.3 is 0 Å². The van der Waals surface area contributed by atoms with Crippen LogP contribution >= 0.6 is 11.3 Å². The van der Waals surface area contributed by atoms with Crippen LogP contribution in [0.3, 0.4) is 0 Å². The van der Waals surface area contributed by atoms with E-state index in [1.807, 2.05) is 0 Å². The van der Waals surface area contributed by atoms with E-state index in [0.29, 0.717) is 12.5 Å². The smallest absolute Gasteiger partial charge is 0.191 e. The summed E-state index contributed by atoms with van der Waals surface area (Å²) in [5.74, 6) is 1.59. The van der Waals surface area contributed by atoms with Gasteiger partial charge in [-0.05, 0) is 39.0 Å². The Kier molecular flexibility index (Phi) is 10.1. The predicted molar refractivity (Wildman–Crippen MR) is 115 cm³/mol. The van der Waals surface area contributed by atoms with Gasteiger partial charge in [-0.1, -0.05) is 13.8 Å². The second kappa shape index (κ2) is 12.3. The van der Waals surface area contributed by atoms with Crippen molar-refractivity contribution in [1.29, 1.82) is 0 Å². The van der Waals surface area contributed by atoms with E-state index in [1.54, 1.807) is 11.3 Å². The number of aromatic nitrogens is 1. The van der Waals surface area contributed by atoms with Crippen molar-refractivity contribution < 1.29 is 4.74 Å². The van der Waals surface area contributed by atoms with Crippen LogP contribution in [-0.2, 0) is 11.2 Å².